The second-order valence-corrected chi connectivity index (χ2v) is 6.50. The van der Waals surface area contributed by atoms with Gasteiger partial charge in [-0.25, -0.2) is 4.98 Å². The number of nitrogens with one attached hydrogen (secondary N) is 1. The molecule has 2 heterocycles. The third-order valence-corrected chi connectivity index (χ3v) is 5.23. The number of hydrogen-bond donors (Lipinski definition) is 1. The van der Waals surface area contributed by atoms with E-state index in [0.29, 0.717) is 5.88 Å². The minimum Gasteiger partial charge on any atom is -0.359 e. The monoisotopic (exact) mass is 301 g/mol. The van der Waals surface area contributed by atoms with Crippen molar-refractivity contribution in [2.75, 3.05) is 20.1 Å². The molecular weight excluding hydrogens is 282 g/mol. The largest absolute Gasteiger partial charge is 0.359 e. The van der Waals surface area contributed by atoms with Gasteiger partial charge in [-0.15, -0.1) is 22.9 Å². The fraction of sp³-hybridized carbons (Fsp3) is 0.692. The van der Waals surface area contributed by atoms with Gasteiger partial charge in [0.25, 0.3) is 0 Å². The van der Waals surface area contributed by atoms with Gasteiger partial charge in [-0.2, -0.15) is 0 Å². The molecule has 2 rings (SSSR count). The third kappa shape index (κ3) is 2.93. The smallest absolute Gasteiger partial charge is 0.227 e. The molecule has 1 amide bonds. The standard InChI is InChI=1S/C13H20ClN3OS/c1-9(11-16-10(6-14)7-19-11)17-5-4-13(2,8-17)12(18)15-3/h7,9H,4-6,8H2,1-3H3,(H,15,18). The van der Waals surface area contributed by atoms with Crippen LogP contribution < -0.4 is 5.32 Å². The SMILES string of the molecule is CNC(=O)C1(C)CCN(C(C)c2nc(CCl)cs2)C1. The summed E-state index contributed by atoms with van der Waals surface area (Å²) < 4.78 is 0. The molecule has 0 spiro atoms. The fourth-order valence-electron chi connectivity index (χ4n) is 2.55. The lowest BCUT2D eigenvalue weighted by molar-refractivity contribution is -0.129. The van der Waals surface area contributed by atoms with Crippen LogP contribution in [0.1, 0.15) is 37.0 Å². The van der Waals surface area contributed by atoms with E-state index in [0.717, 1.165) is 30.2 Å². The summed E-state index contributed by atoms with van der Waals surface area (Å²) in [6.07, 6.45) is 0.894. The first-order chi connectivity index (χ1) is 9.00. The summed E-state index contributed by atoms with van der Waals surface area (Å²) in [6.45, 7) is 5.89. The predicted molar refractivity (Wildman–Crippen MR) is 78.4 cm³/mol. The molecule has 0 aliphatic carbocycles. The van der Waals surface area contributed by atoms with Gasteiger partial charge in [-0.05, 0) is 26.8 Å². The van der Waals surface area contributed by atoms with Crippen molar-refractivity contribution in [1.82, 2.24) is 15.2 Å². The van der Waals surface area contributed by atoms with Crippen molar-refractivity contribution in [3.63, 3.8) is 0 Å². The Balaban J connectivity index is 2.06. The number of aromatic nitrogens is 1. The lowest BCUT2D eigenvalue weighted by Crippen LogP contribution is -2.39. The molecule has 1 aromatic heterocycles. The Morgan fingerprint density at radius 2 is 2.47 bits per heavy atom. The number of thiazole rings is 1. The maximum Gasteiger partial charge on any atom is 0.227 e. The number of carbonyl (C=O) groups excluding carboxylic acids is 1. The van der Waals surface area contributed by atoms with Crippen molar-refractivity contribution in [2.45, 2.75) is 32.2 Å². The van der Waals surface area contributed by atoms with Crippen LogP contribution in [0.3, 0.4) is 0 Å². The average molecular weight is 302 g/mol. The molecule has 0 saturated carbocycles. The fourth-order valence-corrected chi connectivity index (χ4v) is 3.68. The summed E-state index contributed by atoms with van der Waals surface area (Å²) in [5.41, 5.74) is 0.650. The van der Waals surface area contributed by atoms with Gasteiger partial charge in [-0.3, -0.25) is 9.69 Å². The molecule has 0 aromatic carbocycles. The second kappa shape index (κ2) is 5.77. The molecule has 0 bridgehead atoms. The van der Waals surface area contributed by atoms with Crippen molar-refractivity contribution in [3.05, 3.63) is 16.1 Å². The van der Waals surface area contributed by atoms with Crippen LogP contribution in [-0.4, -0.2) is 35.9 Å². The van der Waals surface area contributed by atoms with E-state index in [4.69, 9.17) is 11.6 Å². The first-order valence-electron chi connectivity index (χ1n) is 6.46. The minimum atomic E-state index is -0.282. The summed E-state index contributed by atoms with van der Waals surface area (Å²) in [6, 6.07) is 0.244. The van der Waals surface area contributed by atoms with Crippen LogP contribution in [0.4, 0.5) is 0 Å². The topological polar surface area (TPSA) is 45.2 Å². The average Bonchev–Trinajstić information content (AvgIpc) is 3.04. The summed E-state index contributed by atoms with van der Waals surface area (Å²) in [5, 5.41) is 5.85. The van der Waals surface area contributed by atoms with Crippen molar-refractivity contribution in [3.8, 4) is 0 Å². The molecule has 6 heteroatoms. The highest BCUT2D eigenvalue weighted by Crippen LogP contribution is 2.36. The summed E-state index contributed by atoms with van der Waals surface area (Å²) in [5.74, 6) is 0.585. The number of halogens is 1. The molecule has 4 nitrogen and oxygen atoms in total. The van der Waals surface area contributed by atoms with E-state index in [2.05, 4.69) is 22.1 Å². The number of nitrogens with zero attached hydrogens (tertiary/aromatic N) is 2. The highest BCUT2D eigenvalue weighted by Gasteiger charge is 2.41. The van der Waals surface area contributed by atoms with Crippen LogP contribution in [0.5, 0.6) is 0 Å². The van der Waals surface area contributed by atoms with Gasteiger partial charge in [0.05, 0.1) is 23.0 Å². The molecule has 1 aromatic rings. The Hall–Kier alpha value is -0.650. The van der Waals surface area contributed by atoms with Crippen LogP contribution in [0.15, 0.2) is 5.38 Å². The third-order valence-electron chi connectivity index (χ3n) is 3.89. The highest BCUT2D eigenvalue weighted by molar-refractivity contribution is 7.09. The van der Waals surface area contributed by atoms with E-state index >= 15 is 0 Å². The van der Waals surface area contributed by atoms with E-state index in [1.807, 2.05) is 12.3 Å². The number of alkyl halides is 1. The summed E-state index contributed by atoms with van der Waals surface area (Å²) in [4.78, 5) is 18.8. The summed E-state index contributed by atoms with van der Waals surface area (Å²) >= 11 is 7.43. The predicted octanol–water partition coefficient (Wildman–Crippen LogP) is 2.40. The molecule has 2 unspecified atom stereocenters. The van der Waals surface area contributed by atoms with Gasteiger partial charge in [0, 0.05) is 19.0 Å². The van der Waals surface area contributed by atoms with Crippen molar-refractivity contribution in [1.29, 1.82) is 0 Å². The maximum absolute atomic E-state index is 11.9. The molecule has 1 aliphatic heterocycles. The van der Waals surface area contributed by atoms with Gasteiger partial charge in [0.15, 0.2) is 0 Å². The zero-order valence-electron chi connectivity index (χ0n) is 11.6. The number of amides is 1. The Kier molecular flexibility index (Phi) is 4.48. The van der Waals surface area contributed by atoms with Gasteiger partial charge in [0.2, 0.25) is 5.91 Å². The molecule has 1 fully saturated rings. The van der Waals surface area contributed by atoms with Gasteiger partial charge in [-0.1, -0.05) is 0 Å². The zero-order chi connectivity index (χ0) is 14.0. The minimum absolute atomic E-state index is 0.128. The van der Waals surface area contributed by atoms with Crippen molar-refractivity contribution >= 4 is 28.8 Å². The van der Waals surface area contributed by atoms with Crippen LogP contribution in [0, 0.1) is 5.41 Å². The van der Waals surface area contributed by atoms with E-state index in [1.165, 1.54) is 0 Å². The van der Waals surface area contributed by atoms with Crippen LogP contribution >= 0.6 is 22.9 Å². The van der Waals surface area contributed by atoms with E-state index in [1.54, 1.807) is 18.4 Å². The second-order valence-electron chi connectivity index (χ2n) is 5.35. The lowest BCUT2D eigenvalue weighted by Gasteiger charge is -2.26. The Labute approximate surface area is 123 Å². The molecule has 1 aliphatic rings. The van der Waals surface area contributed by atoms with Crippen molar-refractivity contribution in [2.24, 2.45) is 5.41 Å². The molecular formula is C13H20ClN3OS. The maximum atomic E-state index is 11.9. The van der Waals surface area contributed by atoms with E-state index < -0.39 is 0 Å². The van der Waals surface area contributed by atoms with Crippen LogP contribution in [0.2, 0.25) is 0 Å². The normalized spacial score (nSPS) is 25.5. The van der Waals surface area contributed by atoms with E-state index in [-0.39, 0.29) is 17.4 Å². The molecule has 0 radical (unpaired) electrons. The van der Waals surface area contributed by atoms with Gasteiger partial charge < -0.3 is 5.32 Å². The Morgan fingerprint density at radius 1 is 1.74 bits per heavy atom. The quantitative estimate of drug-likeness (QED) is 0.869. The number of likely N-dealkylation sites (tertiary alicyclic amines) is 1. The Bertz CT molecular complexity index is 464. The van der Waals surface area contributed by atoms with Crippen LogP contribution in [-0.2, 0) is 10.7 Å². The number of carbonyl (C=O) groups is 1. The van der Waals surface area contributed by atoms with Gasteiger partial charge >= 0.3 is 0 Å². The molecule has 2 atom stereocenters. The number of hydrogen-bond acceptors (Lipinski definition) is 4. The molecule has 1 N–H and O–H groups in total. The lowest BCUT2D eigenvalue weighted by atomic mass is 9.89. The first-order valence-corrected chi connectivity index (χ1v) is 7.88. The zero-order valence-corrected chi connectivity index (χ0v) is 13.1. The van der Waals surface area contributed by atoms with Crippen LogP contribution in [0.25, 0.3) is 0 Å². The first kappa shape index (κ1) is 14.8. The van der Waals surface area contributed by atoms with E-state index in [9.17, 15) is 4.79 Å². The highest BCUT2D eigenvalue weighted by atomic mass is 35.5. The Morgan fingerprint density at radius 3 is 3.05 bits per heavy atom. The summed E-state index contributed by atoms with van der Waals surface area (Å²) in [7, 11) is 1.70. The van der Waals surface area contributed by atoms with Crippen molar-refractivity contribution < 1.29 is 4.79 Å². The molecule has 1 saturated heterocycles. The molecule has 106 valence electrons. The molecule has 19 heavy (non-hydrogen) atoms. The number of rotatable bonds is 4. The van der Waals surface area contributed by atoms with Gasteiger partial charge in [0.1, 0.15) is 5.01 Å².